The van der Waals surface area contributed by atoms with Gasteiger partial charge in [-0.05, 0) is 52.2 Å². The van der Waals surface area contributed by atoms with Gasteiger partial charge in [0.15, 0.2) is 5.16 Å². The highest BCUT2D eigenvalue weighted by Gasteiger charge is 2.22. The number of aryl methyl sites for hydroxylation is 3. The van der Waals surface area contributed by atoms with Crippen LogP contribution in [0, 0.1) is 13.8 Å². The van der Waals surface area contributed by atoms with E-state index in [1.54, 1.807) is 15.9 Å². The lowest BCUT2D eigenvalue weighted by molar-refractivity contribution is -0.120. The van der Waals surface area contributed by atoms with Gasteiger partial charge in [0, 0.05) is 10.9 Å². The molecule has 1 amide bonds. The number of carbonyl (C=O) groups is 1. The van der Waals surface area contributed by atoms with Crippen LogP contribution in [0.25, 0.3) is 10.2 Å². The lowest BCUT2D eigenvalue weighted by Crippen LogP contribution is -2.36. The van der Waals surface area contributed by atoms with Crippen molar-refractivity contribution < 1.29 is 4.79 Å². The van der Waals surface area contributed by atoms with Crippen LogP contribution in [-0.4, -0.2) is 26.8 Å². The second-order valence-corrected chi connectivity index (χ2v) is 10.3. The number of thioether (sulfide) groups is 1. The number of fused-ring (bicyclic) bond motifs is 1. The van der Waals surface area contributed by atoms with Crippen molar-refractivity contribution in [3.8, 4) is 0 Å². The van der Waals surface area contributed by atoms with Crippen molar-refractivity contribution in [2.24, 2.45) is 0 Å². The molecule has 1 N–H and O–H groups in total. The average Bonchev–Trinajstić information content (AvgIpc) is 3.01. The normalized spacial score (nSPS) is 12.5. The molecule has 0 saturated heterocycles. The van der Waals surface area contributed by atoms with Crippen molar-refractivity contribution in [3.05, 3.63) is 56.2 Å². The van der Waals surface area contributed by atoms with Crippen LogP contribution in [0.4, 0.5) is 0 Å². The number of carbonyl (C=O) groups excluding carboxylic acids is 1. The van der Waals surface area contributed by atoms with Gasteiger partial charge in [-0.2, -0.15) is 0 Å². The van der Waals surface area contributed by atoms with E-state index in [-0.39, 0.29) is 22.8 Å². The van der Waals surface area contributed by atoms with Crippen molar-refractivity contribution in [2.45, 2.75) is 71.0 Å². The molecule has 3 rings (SSSR count). The van der Waals surface area contributed by atoms with Gasteiger partial charge in [-0.15, -0.1) is 11.3 Å². The molecule has 0 bridgehead atoms. The number of thiophene rings is 1. The average molecular weight is 444 g/mol. The molecule has 0 aliphatic rings. The molecule has 7 heteroatoms. The first-order chi connectivity index (χ1) is 14.2. The highest BCUT2D eigenvalue weighted by atomic mass is 32.2. The van der Waals surface area contributed by atoms with Crippen molar-refractivity contribution in [1.29, 1.82) is 0 Å². The van der Waals surface area contributed by atoms with E-state index in [1.165, 1.54) is 22.2 Å². The van der Waals surface area contributed by atoms with Gasteiger partial charge >= 0.3 is 0 Å². The van der Waals surface area contributed by atoms with Crippen LogP contribution >= 0.6 is 23.1 Å². The van der Waals surface area contributed by atoms with Crippen molar-refractivity contribution >= 4 is 39.2 Å². The highest BCUT2D eigenvalue weighted by Crippen LogP contribution is 2.31. The summed E-state index contributed by atoms with van der Waals surface area (Å²) in [5.74, 6) is -0.0529. The van der Waals surface area contributed by atoms with E-state index in [4.69, 9.17) is 4.98 Å². The molecule has 0 aliphatic carbocycles. The number of hydrogen-bond donors (Lipinski definition) is 1. The minimum atomic E-state index is -0.354. The lowest BCUT2D eigenvalue weighted by atomic mass is 10.1. The summed E-state index contributed by atoms with van der Waals surface area (Å²) in [6.07, 6.45) is 0.875. The predicted octanol–water partition coefficient (Wildman–Crippen LogP) is 4.69. The van der Waals surface area contributed by atoms with Crippen LogP contribution in [0.1, 0.15) is 49.3 Å². The fraction of sp³-hybridized carbons (Fsp3) is 0.435. The van der Waals surface area contributed by atoms with Gasteiger partial charge in [0.2, 0.25) is 5.91 Å². The number of nitrogens with zero attached hydrogens (tertiary/aromatic N) is 2. The molecular formula is C23H29N3O2S2. The zero-order valence-electron chi connectivity index (χ0n) is 18.4. The van der Waals surface area contributed by atoms with E-state index in [1.807, 2.05) is 58.9 Å². The smallest absolute Gasteiger partial charge is 0.263 e. The first-order valence-corrected chi connectivity index (χ1v) is 12.0. The first kappa shape index (κ1) is 22.6. The molecular weight excluding hydrogens is 414 g/mol. The van der Waals surface area contributed by atoms with Crippen LogP contribution in [0.5, 0.6) is 0 Å². The Bertz CT molecular complexity index is 1110. The Labute approximate surface area is 185 Å². The maximum Gasteiger partial charge on any atom is 0.263 e. The Hall–Kier alpha value is -2.12. The Morgan fingerprint density at radius 3 is 2.47 bits per heavy atom. The zero-order chi connectivity index (χ0) is 22.0. The number of hydrogen-bond acceptors (Lipinski definition) is 5. The van der Waals surface area contributed by atoms with Gasteiger partial charge in [-0.3, -0.25) is 14.2 Å². The van der Waals surface area contributed by atoms with Crippen LogP contribution in [0.15, 0.2) is 34.2 Å². The van der Waals surface area contributed by atoms with Gasteiger partial charge in [0.05, 0.1) is 17.2 Å². The van der Waals surface area contributed by atoms with E-state index in [0.717, 1.165) is 22.4 Å². The number of aromatic nitrogens is 2. The summed E-state index contributed by atoms with van der Waals surface area (Å²) >= 11 is 2.92. The topological polar surface area (TPSA) is 64.0 Å². The first-order valence-electron chi connectivity index (χ1n) is 10.3. The number of rotatable bonds is 7. The minimum Gasteiger partial charge on any atom is -0.353 e. The van der Waals surface area contributed by atoms with Crippen LogP contribution in [0.3, 0.4) is 0 Å². The molecule has 2 aromatic heterocycles. The van der Waals surface area contributed by atoms with Crippen molar-refractivity contribution in [1.82, 2.24) is 14.9 Å². The molecule has 0 radical (unpaired) electrons. The maximum atomic E-state index is 13.5. The molecule has 0 spiro atoms. The Morgan fingerprint density at radius 2 is 1.87 bits per heavy atom. The third kappa shape index (κ3) is 4.78. The fourth-order valence-corrected chi connectivity index (χ4v) is 5.38. The summed E-state index contributed by atoms with van der Waals surface area (Å²) in [6, 6.07) is 8.23. The van der Waals surface area contributed by atoms with Crippen LogP contribution in [0.2, 0.25) is 0 Å². The Kier molecular flexibility index (Phi) is 7.03. The molecule has 3 aromatic rings. The molecule has 5 nitrogen and oxygen atoms in total. The minimum absolute atomic E-state index is 0.0343. The maximum absolute atomic E-state index is 13.5. The fourth-order valence-electron chi connectivity index (χ4n) is 3.30. The van der Waals surface area contributed by atoms with Crippen molar-refractivity contribution in [3.63, 3.8) is 0 Å². The summed E-state index contributed by atoms with van der Waals surface area (Å²) in [4.78, 5) is 32.8. The quantitative estimate of drug-likeness (QED) is 0.425. The van der Waals surface area contributed by atoms with Gasteiger partial charge in [0.1, 0.15) is 4.83 Å². The standard InChI is InChI=1S/C23H29N3O2S2/c1-7-18-15(5)19-21(30-18)25-23(29-16(6)20(27)24-13(2)3)26(22(19)28)12-17-10-8-14(4)9-11-17/h8-11,13,16H,7,12H2,1-6H3,(H,24,27). The van der Waals surface area contributed by atoms with E-state index in [9.17, 15) is 9.59 Å². The predicted molar refractivity (Wildman–Crippen MR) is 127 cm³/mol. The Morgan fingerprint density at radius 1 is 1.20 bits per heavy atom. The molecule has 1 unspecified atom stereocenters. The van der Waals surface area contributed by atoms with Gasteiger partial charge < -0.3 is 5.32 Å². The summed E-state index contributed by atoms with van der Waals surface area (Å²) in [5, 5.41) is 3.87. The third-order valence-corrected chi connectivity index (χ3v) is 7.40. The summed E-state index contributed by atoms with van der Waals surface area (Å²) in [6.45, 7) is 12.3. The molecule has 160 valence electrons. The summed E-state index contributed by atoms with van der Waals surface area (Å²) in [5.41, 5.74) is 3.20. The molecule has 0 aliphatic heterocycles. The summed E-state index contributed by atoms with van der Waals surface area (Å²) < 4.78 is 1.72. The van der Waals surface area contributed by atoms with E-state index in [0.29, 0.717) is 17.1 Å². The van der Waals surface area contributed by atoms with Crippen LogP contribution < -0.4 is 10.9 Å². The second-order valence-electron chi connectivity index (χ2n) is 7.88. The zero-order valence-corrected chi connectivity index (χ0v) is 20.0. The SMILES string of the molecule is CCc1sc2nc(SC(C)C(=O)NC(C)C)n(Cc3ccc(C)cc3)c(=O)c2c1C. The molecule has 0 saturated carbocycles. The third-order valence-electron chi connectivity index (χ3n) is 4.98. The van der Waals surface area contributed by atoms with Gasteiger partial charge in [-0.25, -0.2) is 4.98 Å². The highest BCUT2D eigenvalue weighted by molar-refractivity contribution is 8.00. The van der Waals surface area contributed by atoms with Gasteiger partial charge in [0.25, 0.3) is 5.56 Å². The number of amides is 1. The second kappa shape index (κ2) is 9.35. The largest absolute Gasteiger partial charge is 0.353 e. The summed E-state index contributed by atoms with van der Waals surface area (Å²) in [7, 11) is 0. The molecule has 30 heavy (non-hydrogen) atoms. The molecule has 1 atom stereocenters. The van der Waals surface area contributed by atoms with E-state index >= 15 is 0 Å². The van der Waals surface area contributed by atoms with Crippen molar-refractivity contribution in [2.75, 3.05) is 0 Å². The lowest BCUT2D eigenvalue weighted by Gasteiger charge is -2.17. The number of benzene rings is 1. The van der Waals surface area contributed by atoms with E-state index in [2.05, 4.69) is 12.2 Å². The molecule has 2 heterocycles. The molecule has 0 fully saturated rings. The molecule has 1 aromatic carbocycles. The monoisotopic (exact) mass is 443 g/mol. The van der Waals surface area contributed by atoms with Crippen LogP contribution in [-0.2, 0) is 17.8 Å². The Balaban J connectivity index is 2.09. The van der Waals surface area contributed by atoms with Gasteiger partial charge in [-0.1, -0.05) is 48.5 Å². The van der Waals surface area contributed by atoms with E-state index < -0.39 is 0 Å². The number of nitrogens with one attached hydrogen (secondary N) is 1.